The molecule has 0 aliphatic rings. The maximum absolute atomic E-state index is 13.4. The molecule has 1 heterocycles. The standard InChI is InChI=1S/C9H5BrFNO/c10-7-2-1-6-5(4-13)3-12-9(6)8(7)11/h1-4,12H. The number of aromatic nitrogens is 1. The molecule has 1 N–H and O–H groups in total. The van der Waals surface area contributed by atoms with E-state index in [1.165, 1.54) is 6.20 Å². The molecule has 4 heteroatoms. The van der Waals surface area contributed by atoms with Crippen LogP contribution in [0.15, 0.2) is 22.8 Å². The van der Waals surface area contributed by atoms with Gasteiger partial charge in [0.15, 0.2) is 12.1 Å². The SMILES string of the molecule is O=Cc1c[nH]c2c(F)c(Br)ccc12. The van der Waals surface area contributed by atoms with E-state index in [2.05, 4.69) is 20.9 Å². The first-order valence-corrected chi connectivity index (χ1v) is 4.43. The van der Waals surface area contributed by atoms with Crippen LogP contribution >= 0.6 is 15.9 Å². The fraction of sp³-hybridized carbons (Fsp3) is 0. The average molecular weight is 242 g/mol. The summed E-state index contributed by atoms with van der Waals surface area (Å²) in [7, 11) is 0. The Bertz CT molecular complexity index is 478. The zero-order valence-electron chi connectivity index (χ0n) is 6.47. The van der Waals surface area contributed by atoms with Crippen LogP contribution in [0.4, 0.5) is 4.39 Å². The van der Waals surface area contributed by atoms with Crippen LogP contribution in [0.1, 0.15) is 10.4 Å². The number of rotatable bonds is 1. The Kier molecular flexibility index (Phi) is 1.92. The summed E-state index contributed by atoms with van der Waals surface area (Å²) in [5.41, 5.74) is 0.831. The molecule has 1 aromatic heterocycles. The lowest BCUT2D eigenvalue weighted by Gasteiger charge is -1.95. The van der Waals surface area contributed by atoms with E-state index in [9.17, 15) is 9.18 Å². The number of hydrogen-bond donors (Lipinski definition) is 1. The van der Waals surface area contributed by atoms with Crippen molar-refractivity contribution in [3.8, 4) is 0 Å². The van der Waals surface area contributed by atoms with Gasteiger partial charge in [0.05, 0.1) is 9.99 Å². The van der Waals surface area contributed by atoms with Crippen LogP contribution in [0.3, 0.4) is 0 Å². The van der Waals surface area contributed by atoms with Gasteiger partial charge in [0.1, 0.15) is 0 Å². The molecular formula is C9H5BrFNO. The molecule has 0 bridgehead atoms. The number of fused-ring (bicyclic) bond motifs is 1. The molecule has 2 rings (SSSR count). The zero-order valence-corrected chi connectivity index (χ0v) is 8.06. The minimum Gasteiger partial charge on any atom is -0.358 e. The van der Waals surface area contributed by atoms with E-state index in [1.54, 1.807) is 12.1 Å². The number of aromatic amines is 1. The molecule has 13 heavy (non-hydrogen) atoms. The first kappa shape index (κ1) is 8.44. The Morgan fingerprint density at radius 2 is 2.23 bits per heavy atom. The van der Waals surface area contributed by atoms with Crippen molar-refractivity contribution < 1.29 is 9.18 Å². The fourth-order valence-electron chi connectivity index (χ4n) is 1.26. The highest BCUT2D eigenvalue weighted by Crippen LogP contribution is 2.25. The predicted octanol–water partition coefficient (Wildman–Crippen LogP) is 2.88. The number of hydrogen-bond acceptors (Lipinski definition) is 1. The van der Waals surface area contributed by atoms with Gasteiger partial charge in [-0.2, -0.15) is 0 Å². The molecular weight excluding hydrogens is 237 g/mol. The average Bonchev–Trinajstić information content (AvgIpc) is 2.55. The highest BCUT2D eigenvalue weighted by atomic mass is 79.9. The Morgan fingerprint density at radius 3 is 2.92 bits per heavy atom. The quantitative estimate of drug-likeness (QED) is 0.766. The van der Waals surface area contributed by atoms with Crippen molar-refractivity contribution in [2.45, 2.75) is 0 Å². The molecule has 1 aromatic carbocycles. The van der Waals surface area contributed by atoms with Crippen LogP contribution in [-0.4, -0.2) is 11.3 Å². The highest BCUT2D eigenvalue weighted by Gasteiger charge is 2.09. The van der Waals surface area contributed by atoms with Crippen molar-refractivity contribution in [3.05, 3.63) is 34.2 Å². The Balaban J connectivity index is 2.88. The molecule has 0 aliphatic heterocycles. The van der Waals surface area contributed by atoms with Crippen molar-refractivity contribution in [2.75, 3.05) is 0 Å². The van der Waals surface area contributed by atoms with Gasteiger partial charge in [0.2, 0.25) is 0 Å². The first-order chi connectivity index (χ1) is 6.24. The summed E-state index contributed by atoms with van der Waals surface area (Å²) in [6, 6.07) is 3.28. The maximum atomic E-state index is 13.4. The summed E-state index contributed by atoms with van der Waals surface area (Å²) < 4.78 is 13.7. The second kappa shape index (κ2) is 2.96. The number of halogens is 2. The number of benzene rings is 1. The molecule has 2 aromatic rings. The summed E-state index contributed by atoms with van der Waals surface area (Å²) in [5.74, 6) is -0.370. The summed E-state index contributed by atoms with van der Waals surface area (Å²) in [5, 5.41) is 0.607. The lowest BCUT2D eigenvalue weighted by atomic mass is 10.2. The minimum absolute atomic E-state index is 0.358. The van der Waals surface area contributed by atoms with Crippen LogP contribution in [0, 0.1) is 5.82 Å². The van der Waals surface area contributed by atoms with Crippen molar-refractivity contribution in [2.24, 2.45) is 0 Å². The van der Waals surface area contributed by atoms with Crippen LogP contribution in [0.25, 0.3) is 10.9 Å². The van der Waals surface area contributed by atoms with E-state index in [4.69, 9.17) is 0 Å². The smallest absolute Gasteiger partial charge is 0.161 e. The molecule has 0 radical (unpaired) electrons. The van der Waals surface area contributed by atoms with Crippen LogP contribution in [-0.2, 0) is 0 Å². The number of carbonyl (C=O) groups excluding carboxylic acids is 1. The topological polar surface area (TPSA) is 32.9 Å². The van der Waals surface area contributed by atoms with Gasteiger partial charge in [-0.25, -0.2) is 4.39 Å². The molecule has 0 spiro atoms. The molecule has 0 saturated heterocycles. The molecule has 0 amide bonds. The summed E-state index contributed by atoms with van der Waals surface area (Å²) >= 11 is 3.06. The third-order valence-corrected chi connectivity index (χ3v) is 2.52. The fourth-order valence-corrected chi connectivity index (χ4v) is 1.59. The zero-order chi connectivity index (χ0) is 9.42. The van der Waals surface area contributed by atoms with Gasteiger partial charge in [0, 0.05) is 17.1 Å². The maximum Gasteiger partial charge on any atom is 0.161 e. The van der Waals surface area contributed by atoms with Crippen LogP contribution in [0.2, 0.25) is 0 Å². The van der Waals surface area contributed by atoms with Crippen molar-refractivity contribution in [3.63, 3.8) is 0 Å². The Morgan fingerprint density at radius 1 is 1.46 bits per heavy atom. The van der Waals surface area contributed by atoms with E-state index in [1.807, 2.05) is 0 Å². The van der Waals surface area contributed by atoms with Crippen molar-refractivity contribution in [1.29, 1.82) is 0 Å². The van der Waals surface area contributed by atoms with E-state index < -0.39 is 0 Å². The van der Waals surface area contributed by atoms with Gasteiger partial charge in [0.25, 0.3) is 0 Å². The molecule has 0 unspecified atom stereocenters. The lowest BCUT2D eigenvalue weighted by molar-refractivity contribution is 0.112. The van der Waals surface area contributed by atoms with Crippen LogP contribution in [0.5, 0.6) is 0 Å². The third kappa shape index (κ3) is 1.18. The van der Waals surface area contributed by atoms with E-state index in [0.717, 1.165) is 0 Å². The summed E-state index contributed by atoms with van der Waals surface area (Å²) in [4.78, 5) is 13.2. The highest BCUT2D eigenvalue weighted by molar-refractivity contribution is 9.10. The minimum atomic E-state index is -0.370. The lowest BCUT2D eigenvalue weighted by Crippen LogP contribution is -1.80. The van der Waals surface area contributed by atoms with Gasteiger partial charge in [-0.15, -0.1) is 0 Å². The second-order valence-electron chi connectivity index (χ2n) is 2.65. The molecule has 0 aliphatic carbocycles. The van der Waals surface area contributed by atoms with Gasteiger partial charge in [-0.1, -0.05) is 6.07 Å². The number of carbonyl (C=O) groups is 1. The second-order valence-corrected chi connectivity index (χ2v) is 3.50. The number of nitrogens with one attached hydrogen (secondary N) is 1. The summed E-state index contributed by atoms with van der Waals surface area (Å²) in [6.07, 6.45) is 2.19. The Labute approximate surface area is 81.9 Å². The van der Waals surface area contributed by atoms with Gasteiger partial charge >= 0.3 is 0 Å². The van der Waals surface area contributed by atoms with Gasteiger partial charge in [-0.05, 0) is 22.0 Å². The largest absolute Gasteiger partial charge is 0.358 e. The molecule has 2 nitrogen and oxygen atoms in total. The van der Waals surface area contributed by atoms with E-state index >= 15 is 0 Å². The van der Waals surface area contributed by atoms with Crippen molar-refractivity contribution in [1.82, 2.24) is 4.98 Å². The van der Waals surface area contributed by atoms with Gasteiger partial charge in [-0.3, -0.25) is 4.79 Å². The molecule has 0 fully saturated rings. The monoisotopic (exact) mass is 241 g/mol. The van der Waals surface area contributed by atoms with Crippen LogP contribution < -0.4 is 0 Å². The Hall–Kier alpha value is -1.16. The predicted molar refractivity (Wildman–Crippen MR) is 51.3 cm³/mol. The molecule has 0 saturated carbocycles. The molecule has 66 valence electrons. The normalized spacial score (nSPS) is 10.6. The third-order valence-electron chi connectivity index (χ3n) is 1.90. The summed E-state index contributed by atoms with van der Waals surface area (Å²) in [6.45, 7) is 0. The van der Waals surface area contributed by atoms with E-state index in [-0.39, 0.29) is 5.82 Å². The van der Waals surface area contributed by atoms with Gasteiger partial charge < -0.3 is 4.98 Å². The van der Waals surface area contributed by atoms with E-state index in [0.29, 0.717) is 27.2 Å². The number of H-pyrrole nitrogens is 1. The first-order valence-electron chi connectivity index (χ1n) is 3.64. The number of aldehydes is 1. The molecule has 0 atom stereocenters. The van der Waals surface area contributed by atoms with Crippen molar-refractivity contribution >= 4 is 33.1 Å².